The molecule has 0 heterocycles. The molecule has 0 aromatic heterocycles. The average molecular weight is 346 g/mol. The number of methoxy groups -OCH3 is 2. The fourth-order valence-electron chi connectivity index (χ4n) is 2.39. The summed E-state index contributed by atoms with van der Waals surface area (Å²) >= 11 is 0. The fourth-order valence-corrected chi connectivity index (χ4v) is 2.39. The lowest BCUT2D eigenvalue weighted by Crippen LogP contribution is -2.13. The summed E-state index contributed by atoms with van der Waals surface area (Å²) in [7, 11) is 2.40. The van der Waals surface area contributed by atoms with E-state index in [0.29, 0.717) is 11.1 Å². The molecule has 0 fully saturated rings. The first kappa shape index (κ1) is 18.1. The number of phenols is 2. The Labute approximate surface area is 144 Å². The maximum atomic E-state index is 12.0. The van der Waals surface area contributed by atoms with E-state index in [-0.39, 0.29) is 28.4 Å². The smallest absolute Gasteiger partial charge is 0.339 e. The Hall–Kier alpha value is -3.22. The number of benzene rings is 2. The van der Waals surface area contributed by atoms with Crippen molar-refractivity contribution in [2.75, 3.05) is 14.2 Å². The molecule has 132 valence electrons. The highest BCUT2D eigenvalue weighted by Crippen LogP contribution is 2.39. The third kappa shape index (κ3) is 3.65. The first-order valence-electron chi connectivity index (χ1n) is 7.30. The second kappa shape index (κ2) is 7.12. The standard InChI is InChI=1S/C18H18O7/c1-9-5-13(19)16(20)14(6-9)25-11-7-10(2)15(18(22)24-4)12(8-11)17(21)23-3/h5-8,19-20H,1-4H3. The lowest BCUT2D eigenvalue weighted by atomic mass is 10.0. The van der Waals surface area contributed by atoms with Crippen LogP contribution in [0.25, 0.3) is 0 Å². The Kier molecular flexibility index (Phi) is 5.17. The van der Waals surface area contributed by atoms with Crippen molar-refractivity contribution < 1.29 is 34.0 Å². The number of esters is 2. The maximum absolute atomic E-state index is 12.0. The summed E-state index contributed by atoms with van der Waals surface area (Å²) in [5.74, 6) is -1.97. The summed E-state index contributed by atoms with van der Waals surface area (Å²) in [4.78, 5) is 24.0. The van der Waals surface area contributed by atoms with Gasteiger partial charge in [-0.2, -0.15) is 0 Å². The van der Waals surface area contributed by atoms with Gasteiger partial charge in [-0.1, -0.05) is 0 Å². The molecule has 7 heteroatoms. The van der Waals surface area contributed by atoms with Crippen molar-refractivity contribution in [3.63, 3.8) is 0 Å². The third-order valence-corrected chi connectivity index (χ3v) is 3.53. The monoisotopic (exact) mass is 346 g/mol. The highest BCUT2D eigenvalue weighted by atomic mass is 16.5. The molecule has 0 unspecified atom stereocenters. The summed E-state index contributed by atoms with van der Waals surface area (Å²) in [6.45, 7) is 3.33. The predicted octanol–water partition coefficient (Wildman–Crippen LogP) is 3.08. The molecule has 7 nitrogen and oxygen atoms in total. The van der Waals surface area contributed by atoms with Crippen LogP contribution in [0.3, 0.4) is 0 Å². The molecule has 0 saturated heterocycles. The molecular weight excluding hydrogens is 328 g/mol. The van der Waals surface area contributed by atoms with Crippen molar-refractivity contribution in [1.29, 1.82) is 0 Å². The molecule has 2 aromatic rings. The molecule has 0 radical (unpaired) electrons. The van der Waals surface area contributed by atoms with Gasteiger partial charge in [-0.3, -0.25) is 0 Å². The highest BCUT2D eigenvalue weighted by molar-refractivity contribution is 6.04. The molecule has 0 bridgehead atoms. The topological polar surface area (TPSA) is 102 Å². The minimum absolute atomic E-state index is 0.0125. The number of phenolic OH excluding ortho intramolecular Hbond substituents is 2. The van der Waals surface area contributed by atoms with Crippen molar-refractivity contribution in [3.8, 4) is 23.0 Å². The van der Waals surface area contributed by atoms with E-state index in [1.807, 2.05) is 0 Å². The summed E-state index contributed by atoms with van der Waals surface area (Å²) in [5.41, 5.74) is 1.14. The lowest BCUT2D eigenvalue weighted by molar-refractivity contribution is 0.0554. The van der Waals surface area contributed by atoms with E-state index < -0.39 is 17.7 Å². The number of carbonyl (C=O) groups excluding carboxylic acids is 2. The number of carbonyl (C=O) groups is 2. The summed E-state index contributed by atoms with van der Waals surface area (Å²) in [6, 6.07) is 5.73. The molecule has 25 heavy (non-hydrogen) atoms. The van der Waals surface area contributed by atoms with E-state index in [1.54, 1.807) is 13.8 Å². The first-order chi connectivity index (χ1) is 11.8. The molecule has 0 saturated carbocycles. The van der Waals surface area contributed by atoms with Crippen LogP contribution in [0.5, 0.6) is 23.0 Å². The molecular formula is C18H18O7. The van der Waals surface area contributed by atoms with E-state index in [9.17, 15) is 19.8 Å². The van der Waals surface area contributed by atoms with Gasteiger partial charge in [-0.05, 0) is 49.2 Å². The van der Waals surface area contributed by atoms with Crippen LogP contribution in [0.1, 0.15) is 31.8 Å². The largest absolute Gasteiger partial charge is 0.504 e. The van der Waals surface area contributed by atoms with E-state index in [0.717, 1.165) is 0 Å². The molecule has 0 spiro atoms. The SMILES string of the molecule is COC(=O)c1cc(Oc2cc(C)cc(O)c2O)cc(C)c1C(=O)OC. The van der Waals surface area contributed by atoms with Crippen molar-refractivity contribution in [3.05, 3.63) is 46.5 Å². The summed E-state index contributed by atoms with van der Waals surface area (Å²) in [6.07, 6.45) is 0. The van der Waals surface area contributed by atoms with Crippen molar-refractivity contribution >= 4 is 11.9 Å². The van der Waals surface area contributed by atoms with Gasteiger partial charge in [-0.25, -0.2) is 9.59 Å². The van der Waals surface area contributed by atoms with Crippen molar-refractivity contribution in [1.82, 2.24) is 0 Å². The van der Waals surface area contributed by atoms with Crippen molar-refractivity contribution in [2.24, 2.45) is 0 Å². The van der Waals surface area contributed by atoms with Gasteiger partial charge in [0.1, 0.15) is 5.75 Å². The Morgan fingerprint density at radius 2 is 1.56 bits per heavy atom. The number of ether oxygens (including phenoxy) is 3. The minimum atomic E-state index is -0.731. The molecule has 0 aliphatic heterocycles. The zero-order valence-electron chi connectivity index (χ0n) is 14.2. The average Bonchev–Trinajstić information content (AvgIpc) is 2.57. The van der Waals surface area contributed by atoms with Crippen LogP contribution in [0, 0.1) is 13.8 Å². The van der Waals surface area contributed by atoms with Crippen LogP contribution >= 0.6 is 0 Å². The van der Waals surface area contributed by atoms with Crippen LogP contribution < -0.4 is 4.74 Å². The number of hydrogen-bond donors (Lipinski definition) is 2. The van der Waals surface area contributed by atoms with Gasteiger partial charge < -0.3 is 24.4 Å². The van der Waals surface area contributed by atoms with Gasteiger partial charge >= 0.3 is 11.9 Å². The Morgan fingerprint density at radius 3 is 2.16 bits per heavy atom. The predicted molar refractivity (Wildman–Crippen MR) is 88.4 cm³/mol. The number of hydrogen-bond acceptors (Lipinski definition) is 7. The quantitative estimate of drug-likeness (QED) is 0.648. The van der Waals surface area contributed by atoms with Crippen LogP contribution in [0.4, 0.5) is 0 Å². The van der Waals surface area contributed by atoms with Crippen LogP contribution in [-0.4, -0.2) is 36.4 Å². The van der Waals surface area contributed by atoms with Gasteiger partial charge in [0, 0.05) is 0 Å². The second-order valence-electron chi connectivity index (χ2n) is 5.38. The first-order valence-corrected chi connectivity index (χ1v) is 7.30. The molecule has 2 aromatic carbocycles. The number of aromatic hydroxyl groups is 2. The van der Waals surface area contributed by atoms with E-state index in [4.69, 9.17) is 14.2 Å². The minimum Gasteiger partial charge on any atom is -0.504 e. The van der Waals surface area contributed by atoms with Gasteiger partial charge in [-0.15, -0.1) is 0 Å². The zero-order chi connectivity index (χ0) is 18.7. The zero-order valence-corrected chi connectivity index (χ0v) is 14.2. The van der Waals surface area contributed by atoms with Gasteiger partial charge in [0.2, 0.25) is 5.75 Å². The van der Waals surface area contributed by atoms with E-state index >= 15 is 0 Å². The molecule has 0 aliphatic rings. The van der Waals surface area contributed by atoms with Crippen LogP contribution in [0.2, 0.25) is 0 Å². The molecule has 2 rings (SSSR count). The molecule has 0 amide bonds. The van der Waals surface area contributed by atoms with Crippen LogP contribution in [0.15, 0.2) is 24.3 Å². The Morgan fingerprint density at radius 1 is 0.920 bits per heavy atom. The Balaban J connectivity index is 2.55. The second-order valence-corrected chi connectivity index (χ2v) is 5.38. The fraction of sp³-hybridized carbons (Fsp3) is 0.222. The van der Waals surface area contributed by atoms with Gasteiger partial charge in [0.05, 0.1) is 25.3 Å². The maximum Gasteiger partial charge on any atom is 0.339 e. The van der Waals surface area contributed by atoms with Gasteiger partial charge in [0.25, 0.3) is 0 Å². The molecule has 2 N–H and O–H groups in total. The highest BCUT2D eigenvalue weighted by Gasteiger charge is 2.23. The Bertz CT molecular complexity index is 840. The van der Waals surface area contributed by atoms with E-state index in [1.165, 1.54) is 38.5 Å². The van der Waals surface area contributed by atoms with Gasteiger partial charge in [0.15, 0.2) is 11.5 Å². The summed E-state index contributed by atoms with van der Waals surface area (Å²) < 4.78 is 15.0. The molecule has 0 atom stereocenters. The third-order valence-electron chi connectivity index (χ3n) is 3.53. The van der Waals surface area contributed by atoms with Crippen molar-refractivity contribution in [2.45, 2.75) is 13.8 Å². The van der Waals surface area contributed by atoms with Crippen LogP contribution in [-0.2, 0) is 9.47 Å². The summed E-state index contributed by atoms with van der Waals surface area (Å²) in [5, 5.41) is 19.6. The lowest BCUT2D eigenvalue weighted by Gasteiger charge is -2.14. The molecule has 0 aliphatic carbocycles. The number of rotatable bonds is 4. The number of aryl methyl sites for hydroxylation is 2. The van der Waals surface area contributed by atoms with E-state index in [2.05, 4.69) is 0 Å². The normalized spacial score (nSPS) is 10.2.